The first kappa shape index (κ1) is 13.6. The van der Waals surface area contributed by atoms with Crippen molar-refractivity contribution in [3.05, 3.63) is 34.1 Å². The number of nitrogens with one attached hydrogen (secondary N) is 1. The molecule has 4 heteroatoms. The molecule has 0 bridgehead atoms. The lowest BCUT2D eigenvalue weighted by molar-refractivity contribution is 0.434. The Bertz CT molecular complexity index is 311. The van der Waals surface area contributed by atoms with Gasteiger partial charge in [-0.05, 0) is 43.1 Å². The highest BCUT2D eigenvalue weighted by Gasteiger charge is 2.10. The fourth-order valence-corrected chi connectivity index (χ4v) is 2.10. The van der Waals surface area contributed by atoms with Crippen molar-refractivity contribution in [2.24, 2.45) is 0 Å². The molecule has 16 heavy (non-hydrogen) atoms. The van der Waals surface area contributed by atoms with Crippen LogP contribution in [0.25, 0.3) is 0 Å². The van der Waals surface area contributed by atoms with Crippen molar-refractivity contribution in [1.29, 1.82) is 0 Å². The Morgan fingerprint density at radius 1 is 1.38 bits per heavy atom. The Balaban J connectivity index is 2.70. The van der Waals surface area contributed by atoms with Crippen LogP contribution in [-0.4, -0.2) is 13.2 Å². The van der Waals surface area contributed by atoms with Gasteiger partial charge in [0.05, 0.1) is 6.67 Å². The van der Waals surface area contributed by atoms with Crippen LogP contribution in [0.5, 0.6) is 0 Å². The summed E-state index contributed by atoms with van der Waals surface area (Å²) in [4.78, 5) is 0. The van der Waals surface area contributed by atoms with Gasteiger partial charge in [0, 0.05) is 10.5 Å². The number of alkyl halides is 1. The lowest BCUT2D eigenvalue weighted by Crippen LogP contribution is -2.22. The van der Waals surface area contributed by atoms with Gasteiger partial charge in [0.15, 0.2) is 0 Å². The lowest BCUT2D eigenvalue weighted by Gasteiger charge is -2.17. The van der Waals surface area contributed by atoms with Crippen LogP contribution in [0.15, 0.2) is 22.7 Å². The van der Waals surface area contributed by atoms with E-state index in [1.165, 1.54) is 12.1 Å². The van der Waals surface area contributed by atoms with Crippen LogP contribution in [0.4, 0.5) is 8.78 Å². The second kappa shape index (κ2) is 6.97. The zero-order valence-corrected chi connectivity index (χ0v) is 10.9. The van der Waals surface area contributed by atoms with Gasteiger partial charge in [0.2, 0.25) is 0 Å². The van der Waals surface area contributed by atoms with E-state index in [-0.39, 0.29) is 18.5 Å². The maximum absolute atomic E-state index is 13.2. The van der Waals surface area contributed by atoms with E-state index in [1.807, 2.05) is 13.0 Å². The monoisotopic (exact) mass is 291 g/mol. The van der Waals surface area contributed by atoms with Gasteiger partial charge in [-0.25, -0.2) is 4.39 Å². The van der Waals surface area contributed by atoms with Crippen LogP contribution in [0, 0.1) is 5.82 Å². The van der Waals surface area contributed by atoms with Crippen LogP contribution in [-0.2, 0) is 0 Å². The van der Waals surface area contributed by atoms with Gasteiger partial charge in [-0.3, -0.25) is 4.39 Å². The van der Waals surface area contributed by atoms with Crippen LogP contribution < -0.4 is 5.32 Å². The summed E-state index contributed by atoms with van der Waals surface area (Å²) in [6.07, 6.45) is 1.34. The molecular formula is C12H16BrF2N. The maximum atomic E-state index is 13.2. The molecule has 0 saturated carbocycles. The lowest BCUT2D eigenvalue weighted by atomic mass is 10.0. The zero-order chi connectivity index (χ0) is 12.0. The fraction of sp³-hybridized carbons (Fsp3) is 0.500. The largest absolute Gasteiger partial charge is 0.310 e. The summed E-state index contributed by atoms with van der Waals surface area (Å²) in [6, 6.07) is 4.91. The number of hydrogen-bond donors (Lipinski definition) is 1. The summed E-state index contributed by atoms with van der Waals surface area (Å²) >= 11 is 3.26. The quantitative estimate of drug-likeness (QED) is 0.782. The highest BCUT2D eigenvalue weighted by molar-refractivity contribution is 9.10. The smallest absolute Gasteiger partial charge is 0.124 e. The molecular weight excluding hydrogens is 276 g/mol. The van der Waals surface area contributed by atoms with E-state index in [1.54, 1.807) is 0 Å². The fourth-order valence-electron chi connectivity index (χ4n) is 1.62. The van der Waals surface area contributed by atoms with E-state index in [0.29, 0.717) is 13.0 Å². The van der Waals surface area contributed by atoms with Crippen molar-refractivity contribution in [1.82, 2.24) is 5.32 Å². The Morgan fingerprint density at radius 2 is 2.12 bits per heavy atom. The number of rotatable bonds is 6. The third-order valence-corrected chi connectivity index (χ3v) is 2.85. The predicted octanol–water partition coefficient (Wildman–Crippen LogP) is 3.99. The molecule has 1 nitrogen and oxygen atoms in total. The van der Waals surface area contributed by atoms with Gasteiger partial charge in [0.25, 0.3) is 0 Å². The van der Waals surface area contributed by atoms with Crippen molar-refractivity contribution in [3.8, 4) is 0 Å². The normalized spacial score (nSPS) is 12.8. The van der Waals surface area contributed by atoms with Gasteiger partial charge in [-0.2, -0.15) is 0 Å². The molecule has 0 fully saturated rings. The molecule has 1 aromatic carbocycles. The SMILES string of the molecule is CCC(NCCCF)c1cc(F)cc(Br)c1. The molecule has 0 spiro atoms. The van der Waals surface area contributed by atoms with Crippen LogP contribution in [0.3, 0.4) is 0 Å². The van der Waals surface area contributed by atoms with Crippen molar-refractivity contribution >= 4 is 15.9 Å². The van der Waals surface area contributed by atoms with Crippen LogP contribution >= 0.6 is 15.9 Å². The third kappa shape index (κ3) is 4.18. The van der Waals surface area contributed by atoms with Crippen LogP contribution in [0.1, 0.15) is 31.4 Å². The minimum atomic E-state index is -0.323. The molecule has 0 aliphatic heterocycles. The minimum absolute atomic E-state index is 0.0820. The molecule has 0 aliphatic carbocycles. The first-order chi connectivity index (χ1) is 7.67. The second-order valence-electron chi connectivity index (χ2n) is 3.66. The average Bonchev–Trinajstić information content (AvgIpc) is 2.23. The van der Waals surface area contributed by atoms with Gasteiger partial charge in [0.1, 0.15) is 5.82 Å². The summed E-state index contributed by atoms with van der Waals surface area (Å²) in [6.45, 7) is 2.31. The van der Waals surface area contributed by atoms with E-state index in [2.05, 4.69) is 21.2 Å². The van der Waals surface area contributed by atoms with Crippen molar-refractivity contribution in [3.63, 3.8) is 0 Å². The molecule has 0 saturated heterocycles. The Labute approximate surface area is 103 Å². The van der Waals surface area contributed by atoms with E-state index in [0.717, 1.165) is 16.5 Å². The van der Waals surface area contributed by atoms with E-state index in [9.17, 15) is 8.78 Å². The molecule has 0 heterocycles. The van der Waals surface area contributed by atoms with Gasteiger partial charge >= 0.3 is 0 Å². The second-order valence-corrected chi connectivity index (χ2v) is 4.58. The van der Waals surface area contributed by atoms with Gasteiger partial charge < -0.3 is 5.32 Å². The zero-order valence-electron chi connectivity index (χ0n) is 9.27. The molecule has 0 aromatic heterocycles. The molecule has 0 radical (unpaired) electrons. The molecule has 1 unspecified atom stereocenters. The van der Waals surface area contributed by atoms with Gasteiger partial charge in [-0.1, -0.05) is 22.9 Å². The van der Waals surface area contributed by atoms with E-state index >= 15 is 0 Å². The summed E-state index contributed by atoms with van der Waals surface area (Å²) in [5.74, 6) is -0.255. The summed E-state index contributed by atoms with van der Waals surface area (Å²) < 4.78 is 25.9. The minimum Gasteiger partial charge on any atom is -0.310 e. The van der Waals surface area contributed by atoms with E-state index < -0.39 is 0 Å². The van der Waals surface area contributed by atoms with Crippen molar-refractivity contribution < 1.29 is 8.78 Å². The third-order valence-electron chi connectivity index (χ3n) is 2.40. The maximum Gasteiger partial charge on any atom is 0.124 e. The Kier molecular flexibility index (Phi) is 5.91. The first-order valence-electron chi connectivity index (χ1n) is 5.42. The average molecular weight is 292 g/mol. The molecule has 1 rings (SSSR count). The highest BCUT2D eigenvalue weighted by atomic mass is 79.9. The number of benzene rings is 1. The number of halogens is 3. The topological polar surface area (TPSA) is 12.0 Å². The van der Waals surface area contributed by atoms with Crippen molar-refractivity contribution in [2.75, 3.05) is 13.2 Å². The first-order valence-corrected chi connectivity index (χ1v) is 6.22. The Hall–Kier alpha value is -0.480. The standard InChI is InChI=1S/C12H16BrF2N/c1-2-12(16-5-3-4-14)9-6-10(13)8-11(15)7-9/h6-8,12,16H,2-5H2,1H3. The highest BCUT2D eigenvalue weighted by Crippen LogP contribution is 2.22. The van der Waals surface area contributed by atoms with Gasteiger partial charge in [-0.15, -0.1) is 0 Å². The summed E-state index contributed by atoms with van der Waals surface area (Å²) in [5, 5.41) is 3.21. The molecule has 1 N–H and O–H groups in total. The molecule has 0 amide bonds. The summed E-state index contributed by atoms with van der Waals surface area (Å²) in [7, 11) is 0. The Morgan fingerprint density at radius 3 is 2.69 bits per heavy atom. The molecule has 0 aliphatic rings. The molecule has 1 aromatic rings. The predicted molar refractivity (Wildman–Crippen MR) is 65.7 cm³/mol. The van der Waals surface area contributed by atoms with E-state index in [4.69, 9.17) is 0 Å². The summed E-state index contributed by atoms with van der Waals surface area (Å²) in [5.41, 5.74) is 0.897. The molecule has 90 valence electrons. The molecule has 1 atom stereocenters. The van der Waals surface area contributed by atoms with Crippen molar-refractivity contribution in [2.45, 2.75) is 25.8 Å². The number of hydrogen-bond acceptors (Lipinski definition) is 1. The van der Waals surface area contributed by atoms with Crippen LogP contribution in [0.2, 0.25) is 0 Å².